The summed E-state index contributed by atoms with van der Waals surface area (Å²) in [6.45, 7) is 1.53. The van der Waals surface area contributed by atoms with Crippen molar-refractivity contribution in [2.24, 2.45) is 11.3 Å². The highest BCUT2D eigenvalue weighted by Crippen LogP contribution is 2.59. The summed E-state index contributed by atoms with van der Waals surface area (Å²) in [7, 11) is 0. The predicted molar refractivity (Wildman–Crippen MR) is 89.1 cm³/mol. The van der Waals surface area contributed by atoms with Crippen molar-refractivity contribution >= 4 is 17.8 Å². The second-order valence-electron chi connectivity index (χ2n) is 7.49. The lowest BCUT2D eigenvalue weighted by Crippen LogP contribution is -2.49. The number of nitrogens with zero attached hydrogens (tertiary/aromatic N) is 3. The molecule has 1 aromatic rings. The molecule has 1 saturated carbocycles. The number of hydrogen-bond acceptors (Lipinski definition) is 5. The van der Waals surface area contributed by atoms with Gasteiger partial charge in [0.15, 0.2) is 5.82 Å². The maximum Gasteiger partial charge on any atom is 0.434 e. The van der Waals surface area contributed by atoms with Crippen molar-refractivity contribution in [1.82, 2.24) is 14.9 Å². The van der Waals surface area contributed by atoms with Crippen LogP contribution in [0.4, 0.5) is 37.0 Å². The number of nitrogens with one attached hydrogen (secondary N) is 1. The highest BCUT2D eigenvalue weighted by Gasteiger charge is 2.61. The number of piperidine rings is 1. The molecule has 1 aromatic heterocycles. The Hall–Kier alpha value is -2.60. The minimum absolute atomic E-state index is 0.102. The van der Waals surface area contributed by atoms with Crippen LogP contribution in [0.3, 0.4) is 0 Å². The van der Waals surface area contributed by atoms with Crippen LogP contribution in [0.15, 0.2) is 12.4 Å². The van der Waals surface area contributed by atoms with Crippen LogP contribution in [0.5, 0.6) is 0 Å². The Morgan fingerprint density at radius 1 is 1.13 bits per heavy atom. The Balaban J connectivity index is 1.53. The van der Waals surface area contributed by atoms with Gasteiger partial charge >= 0.3 is 18.4 Å². The average molecular weight is 440 g/mol. The number of halogens is 6. The highest BCUT2D eigenvalue weighted by atomic mass is 19.4. The molecule has 0 unspecified atom stereocenters. The first-order valence-corrected chi connectivity index (χ1v) is 9.00. The molecule has 1 spiro atoms. The van der Waals surface area contributed by atoms with E-state index in [9.17, 15) is 35.9 Å². The summed E-state index contributed by atoms with van der Waals surface area (Å²) in [5.74, 6) is -0.394. The van der Waals surface area contributed by atoms with Crippen molar-refractivity contribution in [2.75, 3.05) is 18.4 Å². The lowest BCUT2D eigenvalue weighted by Gasteiger charge is -2.33. The molecule has 1 aliphatic heterocycles. The van der Waals surface area contributed by atoms with Crippen LogP contribution in [0.25, 0.3) is 0 Å². The van der Waals surface area contributed by atoms with Gasteiger partial charge in [-0.15, -0.1) is 0 Å². The molecule has 0 bridgehead atoms. The van der Waals surface area contributed by atoms with Crippen molar-refractivity contribution in [2.45, 2.75) is 44.6 Å². The Morgan fingerprint density at radius 2 is 1.73 bits per heavy atom. The first kappa shape index (κ1) is 22.1. The molecule has 166 valence electrons. The SMILES string of the molecule is Cc1cnc(NC(=O)[C@@H]2CC23CCN(C(=O)OC(C(F)(F)F)C(F)(F)F)CC3)cn1. The molecule has 2 fully saturated rings. The van der Waals surface area contributed by atoms with E-state index in [1.54, 1.807) is 6.92 Å². The number of amides is 2. The zero-order valence-corrected chi connectivity index (χ0v) is 15.7. The van der Waals surface area contributed by atoms with E-state index in [1.165, 1.54) is 12.4 Å². The Morgan fingerprint density at radius 3 is 2.23 bits per heavy atom. The van der Waals surface area contributed by atoms with E-state index in [4.69, 9.17) is 0 Å². The first-order chi connectivity index (χ1) is 13.8. The molecule has 1 saturated heterocycles. The number of likely N-dealkylation sites (tertiary alicyclic amines) is 1. The summed E-state index contributed by atoms with van der Waals surface area (Å²) in [6.07, 6.45) is -13.5. The van der Waals surface area contributed by atoms with E-state index < -0.39 is 30.0 Å². The van der Waals surface area contributed by atoms with Gasteiger partial charge in [0.1, 0.15) is 0 Å². The minimum atomic E-state index is -5.76. The number of hydrogen-bond donors (Lipinski definition) is 1. The number of aromatic nitrogens is 2. The molecule has 13 heteroatoms. The molecule has 1 atom stereocenters. The van der Waals surface area contributed by atoms with E-state index in [1.807, 2.05) is 0 Å². The molecule has 0 radical (unpaired) electrons. The number of alkyl halides is 6. The second kappa shape index (κ2) is 7.58. The number of anilines is 1. The fourth-order valence-electron chi connectivity index (χ4n) is 3.57. The molecular formula is C17H18F6N4O3. The third-order valence-corrected chi connectivity index (χ3v) is 5.37. The van der Waals surface area contributed by atoms with Gasteiger partial charge < -0.3 is 15.0 Å². The van der Waals surface area contributed by atoms with Gasteiger partial charge in [-0.1, -0.05) is 0 Å². The summed E-state index contributed by atoms with van der Waals surface area (Å²) in [6, 6.07) is 0. The number of aryl methyl sites for hydroxylation is 1. The van der Waals surface area contributed by atoms with Crippen LogP contribution in [-0.4, -0.2) is 58.4 Å². The lowest BCUT2D eigenvalue weighted by molar-refractivity contribution is -0.308. The molecule has 2 aliphatic rings. The number of carbonyl (C=O) groups excluding carboxylic acids is 2. The predicted octanol–water partition coefficient (Wildman–Crippen LogP) is 3.46. The van der Waals surface area contributed by atoms with Crippen molar-refractivity contribution in [1.29, 1.82) is 0 Å². The lowest BCUT2D eigenvalue weighted by atomic mass is 9.91. The normalized spacial score (nSPS) is 20.9. The highest BCUT2D eigenvalue weighted by molar-refractivity contribution is 5.94. The Kier molecular flexibility index (Phi) is 5.58. The first-order valence-electron chi connectivity index (χ1n) is 9.00. The van der Waals surface area contributed by atoms with Crippen molar-refractivity contribution in [3.05, 3.63) is 18.1 Å². The zero-order valence-electron chi connectivity index (χ0n) is 15.7. The monoisotopic (exact) mass is 440 g/mol. The summed E-state index contributed by atoms with van der Waals surface area (Å²) < 4.78 is 79.0. The Labute approximate surface area is 166 Å². The minimum Gasteiger partial charge on any atom is -0.426 e. The van der Waals surface area contributed by atoms with Gasteiger partial charge in [-0.25, -0.2) is 9.78 Å². The van der Waals surface area contributed by atoms with E-state index in [2.05, 4.69) is 20.0 Å². The van der Waals surface area contributed by atoms with Crippen LogP contribution in [0, 0.1) is 18.3 Å². The van der Waals surface area contributed by atoms with Crippen molar-refractivity contribution < 1.29 is 40.7 Å². The van der Waals surface area contributed by atoms with E-state index in [0.717, 1.165) is 4.90 Å². The van der Waals surface area contributed by atoms with Gasteiger partial charge in [0, 0.05) is 19.0 Å². The van der Waals surface area contributed by atoms with E-state index in [-0.39, 0.29) is 43.6 Å². The molecule has 2 heterocycles. The summed E-state index contributed by atoms with van der Waals surface area (Å²) in [4.78, 5) is 33.0. The van der Waals surface area contributed by atoms with E-state index in [0.29, 0.717) is 12.1 Å². The van der Waals surface area contributed by atoms with Crippen LogP contribution >= 0.6 is 0 Å². The summed E-state index contributed by atoms with van der Waals surface area (Å²) >= 11 is 0. The van der Waals surface area contributed by atoms with Gasteiger partial charge in [0.25, 0.3) is 6.10 Å². The fraction of sp³-hybridized carbons (Fsp3) is 0.647. The van der Waals surface area contributed by atoms with Gasteiger partial charge in [-0.05, 0) is 31.6 Å². The molecule has 1 aliphatic carbocycles. The Bertz CT molecular complexity index is 789. The van der Waals surface area contributed by atoms with Crippen LogP contribution in [0.1, 0.15) is 25.0 Å². The van der Waals surface area contributed by atoms with Gasteiger partial charge in [0.2, 0.25) is 5.91 Å². The number of rotatable bonds is 3. The summed E-state index contributed by atoms with van der Waals surface area (Å²) in [5, 5.41) is 2.63. The quantitative estimate of drug-likeness (QED) is 0.728. The van der Waals surface area contributed by atoms with Crippen molar-refractivity contribution in [3.63, 3.8) is 0 Å². The topological polar surface area (TPSA) is 84.4 Å². The second-order valence-corrected chi connectivity index (χ2v) is 7.49. The van der Waals surface area contributed by atoms with Gasteiger partial charge in [0.05, 0.1) is 18.1 Å². The molecule has 3 rings (SSSR count). The summed E-state index contributed by atoms with van der Waals surface area (Å²) in [5.41, 5.74) is 0.236. The van der Waals surface area contributed by atoms with E-state index >= 15 is 0 Å². The maximum absolute atomic E-state index is 12.5. The van der Waals surface area contributed by atoms with Crippen molar-refractivity contribution in [3.8, 4) is 0 Å². The number of carbonyl (C=O) groups is 2. The third kappa shape index (κ3) is 4.75. The molecule has 0 aromatic carbocycles. The third-order valence-electron chi connectivity index (χ3n) is 5.37. The molecule has 2 amide bonds. The van der Waals surface area contributed by atoms with Gasteiger partial charge in [-0.2, -0.15) is 26.3 Å². The smallest absolute Gasteiger partial charge is 0.426 e. The van der Waals surface area contributed by atoms with Crippen LogP contribution < -0.4 is 5.32 Å². The fourth-order valence-corrected chi connectivity index (χ4v) is 3.57. The average Bonchev–Trinajstić information content (AvgIpc) is 3.33. The van der Waals surface area contributed by atoms with Crippen LogP contribution in [-0.2, 0) is 9.53 Å². The van der Waals surface area contributed by atoms with Gasteiger partial charge in [-0.3, -0.25) is 9.78 Å². The standard InChI is InChI=1S/C17H18F6N4O3/c1-9-7-25-11(8-24-9)26-12(28)10-6-15(10)2-4-27(5-3-15)14(29)30-13(16(18,19)20)17(21,22)23/h7-8,10,13H,2-6H2,1H3,(H,25,26,28)/t10-/m0/s1. The largest absolute Gasteiger partial charge is 0.434 e. The maximum atomic E-state index is 12.5. The zero-order chi connectivity index (χ0) is 22.3. The molecule has 30 heavy (non-hydrogen) atoms. The molecule has 7 nitrogen and oxygen atoms in total. The molecule has 1 N–H and O–H groups in total. The number of ether oxygens (including phenoxy) is 1. The van der Waals surface area contributed by atoms with Crippen LogP contribution in [0.2, 0.25) is 0 Å². The molecular weight excluding hydrogens is 422 g/mol.